The minimum absolute atomic E-state index is 0.151. The van der Waals surface area contributed by atoms with Crippen molar-refractivity contribution in [2.24, 2.45) is 0 Å². The third kappa shape index (κ3) is 3.61. The molecule has 0 aliphatic heterocycles. The van der Waals surface area contributed by atoms with Gasteiger partial charge in [-0.2, -0.15) is 0 Å². The largest absolute Gasteiger partial charge is 0.508 e. The van der Waals surface area contributed by atoms with E-state index in [2.05, 4.69) is 4.74 Å². The second kappa shape index (κ2) is 6.22. The van der Waals surface area contributed by atoms with E-state index in [-0.39, 0.29) is 5.75 Å². The molecule has 12 heavy (non-hydrogen) atoms. The lowest BCUT2D eigenvalue weighted by Gasteiger charge is -1.95. The highest BCUT2D eigenvalue weighted by Crippen LogP contribution is 2.14. The summed E-state index contributed by atoms with van der Waals surface area (Å²) in [7, 11) is 0. The Hall–Kier alpha value is -1.51. The lowest BCUT2D eigenvalue weighted by atomic mass is 10.3. The Morgan fingerprint density at radius 1 is 1.25 bits per heavy atom. The summed E-state index contributed by atoms with van der Waals surface area (Å²) in [6.45, 7) is 4.34. The first kappa shape index (κ1) is 10.5. The van der Waals surface area contributed by atoms with Gasteiger partial charge in [0, 0.05) is 0 Å². The lowest BCUT2D eigenvalue weighted by Crippen LogP contribution is -1.86. The van der Waals surface area contributed by atoms with Crippen molar-refractivity contribution in [1.29, 1.82) is 0 Å². The second-order valence-corrected chi connectivity index (χ2v) is 1.71. The van der Waals surface area contributed by atoms with Crippen LogP contribution in [0.3, 0.4) is 0 Å². The molecule has 0 aliphatic carbocycles. The number of carbonyl (C=O) groups excluding carboxylic acids is 1. The van der Waals surface area contributed by atoms with Crippen LogP contribution in [0.2, 0.25) is 0 Å². The zero-order valence-electron chi connectivity index (χ0n) is 7.15. The molecule has 1 N–H and O–H groups in total. The van der Waals surface area contributed by atoms with Gasteiger partial charge in [-0.1, -0.05) is 13.8 Å². The molecule has 0 saturated heterocycles. The lowest BCUT2D eigenvalue weighted by molar-refractivity contribution is -0.120. The molecule has 0 heterocycles. The van der Waals surface area contributed by atoms with Crippen LogP contribution in [0.25, 0.3) is 0 Å². The Morgan fingerprint density at radius 3 is 2.17 bits per heavy atom. The van der Waals surface area contributed by atoms with Crippen molar-refractivity contribution >= 4 is 6.47 Å². The van der Waals surface area contributed by atoms with Gasteiger partial charge in [-0.25, -0.2) is 0 Å². The fraction of sp³-hybridized carbons (Fsp3) is 0.222. The predicted octanol–water partition coefficient (Wildman–Crippen LogP) is 1.95. The smallest absolute Gasteiger partial charge is 0.298 e. The maximum atomic E-state index is 9.77. The van der Waals surface area contributed by atoms with Crippen molar-refractivity contribution in [1.82, 2.24) is 0 Å². The molecule has 0 aromatic heterocycles. The van der Waals surface area contributed by atoms with E-state index in [4.69, 9.17) is 5.11 Å². The van der Waals surface area contributed by atoms with Gasteiger partial charge in [-0.15, -0.1) is 0 Å². The van der Waals surface area contributed by atoms with Crippen LogP contribution in [-0.2, 0) is 4.79 Å². The first-order valence-electron chi connectivity index (χ1n) is 3.72. The zero-order chi connectivity index (χ0) is 9.40. The van der Waals surface area contributed by atoms with E-state index in [1.54, 1.807) is 0 Å². The molecule has 3 nitrogen and oxygen atoms in total. The summed E-state index contributed by atoms with van der Waals surface area (Å²) in [6, 6.07) is 5.89. The molecule has 0 amide bonds. The maximum Gasteiger partial charge on any atom is 0.298 e. The summed E-state index contributed by atoms with van der Waals surface area (Å²) >= 11 is 0. The number of ether oxygens (including phenoxy) is 1. The van der Waals surface area contributed by atoms with Crippen LogP contribution in [0.4, 0.5) is 0 Å². The van der Waals surface area contributed by atoms with Crippen LogP contribution in [0, 0.1) is 0 Å². The molecule has 0 spiro atoms. The maximum absolute atomic E-state index is 9.77. The minimum atomic E-state index is 0.151. The number of benzene rings is 1. The Morgan fingerprint density at radius 2 is 1.75 bits per heavy atom. The summed E-state index contributed by atoms with van der Waals surface area (Å²) in [5.74, 6) is 0.575. The SMILES string of the molecule is CC.O=COc1ccc(O)cc1. The van der Waals surface area contributed by atoms with Crippen LogP contribution in [-0.4, -0.2) is 11.6 Å². The van der Waals surface area contributed by atoms with Crippen LogP contribution in [0.1, 0.15) is 13.8 Å². The average molecular weight is 168 g/mol. The van der Waals surface area contributed by atoms with Gasteiger partial charge in [0.2, 0.25) is 0 Å². The summed E-state index contributed by atoms with van der Waals surface area (Å²) < 4.78 is 4.47. The van der Waals surface area contributed by atoms with E-state index in [9.17, 15) is 4.79 Å². The molecule has 0 saturated carbocycles. The number of phenols is 1. The molecule has 0 fully saturated rings. The van der Waals surface area contributed by atoms with Gasteiger partial charge in [-0.05, 0) is 24.3 Å². The van der Waals surface area contributed by atoms with E-state index in [1.165, 1.54) is 24.3 Å². The molecule has 0 radical (unpaired) electrons. The van der Waals surface area contributed by atoms with Crippen molar-refractivity contribution in [2.75, 3.05) is 0 Å². The highest BCUT2D eigenvalue weighted by atomic mass is 16.5. The number of hydrogen-bond donors (Lipinski definition) is 1. The van der Waals surface area contributed by atoms with Gasteiger partial charge in [0.05, 0.1) is 0 Å². The molecular formula is C9H12O3. The highest BCUT2D eigenvalue weighted by Gasteiger charge is 1.90. The Kier molecular flexibility index (Phi) is 5.43. The first-order valence-corrected chi connectivity index (χ1v) is 3.72. The number of carbonyl (C=O) groups is 1. The van der Waals surface area contributed by atoms with E-state index in [1.807, 2.05) is 13.8 Å². The Balaban J connectivity index is 0.000000561. The third-order valence-corrected chi connectivity index (χ3v) is 1.02. The fourth-order valence-electron chi connectivity index (χ4n) is 0.580. The number of aromatic hydroxyl groups is 1. The van der Waals surface area contributed by atoms with Crippen molar-refractivity contribution in [3.05, 3.63) is 24.3 Å². The van der Waals surface area contributed by atoms with Crippen molar-refractivity contribution in [3.63, 3.8) is 0 Å². The molecule has 1 rings (SSSR count). The zero-order valence-corrected chi connectivity index (χ0v) is 7.15. The van der Waals surface area contributed by atoms with Gasteiger partial charge in [0.15, 0.2) is 0 Å². The quantitative estimate of drug-likeness (QED) is 0.686. The number of hydrogen-bond acceptors (Lipinski definition) is 3. The van der Waals surface area contributed by atoms with Gasteiger partial charge >= 0.3 is 0 Å². The van der Waals surface area contributed by atoms with Crippen LogP contribution in [0.5, 0.6) is 11.5 Å². The van der Waals surface area contributed by atoms with E-state index in [0.29, 0.717) is 12.2 Å². The topological polar surface area (TPSA) is 46.5 Å². The van der Waals surface area contributed by atoms with Crippen molar-refractivity contribution in [2.45, 2.75) is 13.8 Å². The summed E-state index contributed by atoms with van der Waals surface area (Å²) in [6.07, 6.45) is 0. The molecular weight excluding hydrogens is 156 g/mol. The van der Waals surface area contributed by atoms with Gasteiger partial charge in [-0.3, -0.25) is 4.79 Å². The fourth-order valence-corrected chi connectivity index (χ4v) is 0.580. The van der Waals surface area contributed by atoms with Crippen molar-refractivity contribution < 1.29 is 14.6 Å². The molecule has 3 heteroatoms. The standard InChI is InChI=1S/C7H6O3.C2H6/c8-5-10-7-3-1-6(9)2-4-7;1-2/h1-5,9H;1-2H3. The molecule has 1 aromatic carbocycles. The predicted molar refractivity (Wildman–Crippen MR) is 46.1 cm³/mol. The van der Waals surface area contributed by atoms with Gasteiger partial charge in [0.1, 0.15) is 11.5 Å². The normalized spacial score (nSPS) is 7.83. The first-order chi connectivity index (χ1) is 5.83. The molecule has 66 valence electrons. The molecule has 0 aliphatic rings. The van der Waals surface area contributed by atoms with Crippen molar-refractivity contribution in [3.8, 4) is 11.5 Å². The van der Waals surface area contributed by atoms with Crippen LogP contribution >= 0.6 is 0 Å². The van der Waals surface area contributed by atoms with Crippen LogP contribution < -0.4 is 4.74 Å². The van der Waals surface area contributed by atoms with E-state index >= 15 is 0 Å². The summed E-state index contributed by atoms with van der Waals surface area (Å²) in [5, 5.41) is 8.78. The highest BCUT2D eigenvalue weighted by molar-refractivity contribution is 5.45. The van der Waals surface area contributed by atoms with Gasteiger partial charge < -0.3 is 9.84 Å². The monoisotopic (exact) mass is 168 g/mol. The number of rotatable bonds is 2. The average Bonchev–Trinajstić information content (AvgIpc) is 2.13. The Bertz CT molecular complexity index is 216. The minimum Gasteiger partial charge on any atom is -0.508 e. The second-order valence-electron chi connectivity index (χ2n) is 1.71. The molecule has 1 aromatic rings. The molecule has 0 atom stereocenters. The summed E-state index contributed by atoms with van der Waals surface area (Å²) in [4.78, 5) is 9.77. The number of phenolic OH excluding ortho intramolecular Hbond substituents is 1. The van der Waals surface area contributed by atoms with Crippen LogP contribution in [0.15, 0.2) is 24.3 Å². The van der Waals surface area contributed by atoms with E-state index in [0.717, 1.165) is 0 Å². The third-order valence-electron chi connectivity index (χ3n) is 1.02. The molecule has 0 unspecified atom stereocenters. The summed E-state index contributed by atoms with van der Waals surface area (Å²) in [5.41, 5.74) is 0. The van der Waals surface area contributed by atoms with Gasteiger partial charge in [0.25, 0.3) is 6.47 Å². The molecule has 0 bridgehead atoms. The Labute approximate surface area is 71.6 Å². The van der Waals surface area contributed by atoms with E-state index < -0.39 is 0 Å².